The molecule has 1 aromatic heterocycles. The summed E-state index contributed by atoms with van der Waals surface area (Å²) in [5, 5.41) is 9.30. The lowest BCUT2D eigenvalue weighted by Crippen LogP contribution is -2.17. The molecule has 0 aliphatic heterocycles. The lowest BCUT2D eigenvalue weighted by atomic mass is 10.1. The van der Waals surface area contributed by atoms with Crippen molar-refractivity contribution in [2.24, 2.45) is 0 Å². The Balaban J connectivity index is 1.89. The van der Waals surface area contributed by atoms with E-state index in [2.05, 4.69) is 4.74 Å². The van der Waals surface area contributed by atoms with Gasteiger partial charge in [0.25, 0.3) is 0 Å². The molecule has 2 aromatic carbocycles. The van der Waals surface area contributed by atoms with E-state index < -0.39 is 29.1 Å². The summed E-state index contributed by atoms with van der Waals surface area (Å²) in [6, 6.07) is 7.80. The number of benzene rings is 2. The van der Waals surface area contributed by atoms with Gasteiger partial charge in [-0.3, -0.25) is 0 Å². The molecule has 0 radical (unpaired) electrons. The molecule has 11 heteroatoms. The van der Waals surface area contributed by atoms with Crippen LogP contribution in [0.3, 0.4) is 0 Å². The first-order valence-electron chi connectivity index (χ1n) is 7.78. The second-order valence-electron chi connectivity index (χ2n) is 5.75. The zero-order valence-corrected chi connectivity index (χ0v) is 14.9. The van der Waals surface area contributed by atoms with Crippen molar-refractivity contribution in [3.05, 3.63) is 58.5 Å². The van der Waals surface area contributed by atoms with Crippen LogP contribution in [-0.4, -0.2) is 17.4 Å². The molecule has 4 nitrogen and oxygen atoms in total. The number of carbonyl (C=O) groups is 1. The fourth-order valence-electron chi connectivity index (χ4n) is 2.49. The van der Waals surface area contributed by atoms with Crippen molar-refractivity contribution in [3.63, 3.8) is 0 Å². The largest absolute Gasteiger partial charge is 0.573 e. The summed E-state index contributed by atoms with van der Waals surface area (Å²) in [4.78, 5) is 10.5. The highest BCUT2D eigenvalue weighted by Crippen LogP contribution is 2.42. The number of carboxylic acid groups (broad SMARTS) is 1. The quantitative estimate of drug-likeness (QED) is 0.492. The second-order valence-corrected chi connectivity index (χ2v) is 6.83. The maximum Gasteiger partial charge on any atom is 0.573 e. The number of carboxylic acids is 1. The summed E-state index contributed by atoms with van der Waals surface area (Å²) < 4.78 is 84.9. The van der Waals surface area contributed by atoms with E-state index >= 15 is 0 Å². The topological polar surface area (TPSA) is 55.8 Å². The van der Waals surface area contributed by atoms with E-state index in [1.54, 1.807) is 0 Å². The zero-order chi connectivity index (χ0) is 21.4. The Morgan fingerprint density at radius 1 is 1.00 bits per heavy atom. The summed E-state index contributed by atoms with van der Waals surface area (Å²) >= 11 is 0.447. The van der Waals surface area contributed by atoms with E-state index in [9.17, 15) is 36.2 Å². The van der Waals surface area contributed by atoms with Crippen molar-refractivity contribution in [2.45, 2.75) is 19.1 Å². The third-order valence-corrected chi connectivity index (χ3v) is 4.85. The molecule has 0 unspecified atom stereocenters. The number of hydrogen-bond acceptors (Lipinski definition) is 4. The first kappa shape index (κ1) is 20.8. The molecule has 0 aliphatic carbocycles. The maximum atomic E-state index is 13.0. The molecule has 0 bridgehead atoms. The fraction of sp³-hybridized carbons (Fsp3) is 0.167. The fourth-order valence-corrected chi connectivity index (χ4v) is 3.42. The van der Waals surface area contributed by atoms with Crippen molar-refractivity contribution in [1.82, 2.24) is 0 Å². The number of thiophene rings is 1. The lowest BCUT2D eigenvalue weighted by molar-refractivity contribution is -0.274. The monoisotopic (exact) mass is 436 g/mol. The summed E-state index contributed by atoms with van der Waals surface area (Å²) in [7, 11) is 0. The van der Waals surface area contributed by atoms with Crippen molar-refractivity contribution in [3.8, 4) is 11.5 Å². The van der Waals surface area contributed by atoms with Gasteiger partial charge in [-0.05, 0) is 35.9 Å². The number of rotatable bonds is 5. The number of aromatic carboxylic acids is 1. The Kier molecular flexibility index (Phi) is 5.35. The standard InChI is InChI=1S/C18H10F6O4S/c19-17(20,21)14-7-12-13(29-14)6-5-11(16(25)26)15(12)27-8-9-1-3-10(4-2-9)28-18(22,23)24/h1-7H,8H2,(H,25,26). The summed E-state index contributed by atoms with van der Waals surface area (Å²) in [6.07, 6.45) is -9.45. The third-order valence-electron chi connectivity index (χ3n) is 3.70. The summed E-state index contributed by atoms with van der Waals surface area (Å²) in [6.45, 7) is -0.275. The minimum absolute atomic E-state index is 0.0146. The minimum Gasteiger partial charge on any atom is -0.487 e. The van der Waals surface area contributed by atoms with Crippen LogP contribution in [0, 0.1) is 0 Å². The van der Waals surface area contributed by atoms with Crippen LogP contribution in [-0.2, 0) is 12.8 Å². The van der Waals surface area contributed by atoms with Gasteiger partial charge in [-0.1, -0.05) is 12.1 Å². The van der Waals surface area contributed by atoms with Gasteiger partial charge in [0.15, 0.2) is 0 Å². The second kappa shape index (κ2) is 7.47. The Bertz CT molecular complexity index is 1040. The van der Waals surface area contributed by atoms with E-state index in [0.29, 0.717) is 16.9 Å². The molecular weight excluding hydrogens is 426 g/mol. The zero-order valence-electron chi connectivity index (χ0n) is 14.1. The lowest BCUT2D eigenvalue weighted by Gasteiger charge is -2.12. The molecule has 0 spiro atoms. The van der Waals surface area contributed by atoms with Gasteiger partial charge in [0, 0.05) is 10.1 Å². The van der Waals surface area contributed by atoms with Gasteiger partial charge < -0.3 is 14.6 Å². The normalized spacial score (nSPS) is 12.2. The predicted molar refractivity (Wildman–Crippen MR) is 91.2 cm³/mol. The minimum atomic E-state index is -4.85. The molecular formula is C18H10F6O4S. The smallest absolute Gasteiger partial charge is 0.487 e. The van der Waals surface area contributed by atoms with Gasteiger partial charge in [-0.25, -0.2) is 4.79 Å². The van der Waals surface area contributed by atoms with Crippen LogP contribution in [0.4, 0.5) is 26.3 Å². The van der Waals surface area contributed by atoms with E-state index in [-0.39, 0.29) is 28.0 Å². The molecule has 3 rings (SSSR count). The van der Waals surface area contributed by atoms with Crippen LogP contribution in [0.25, 0.3) is 10.1 Å². The highest BCUT2D eigenvalue weighted by atomic mass is 32.1. The third kappa shape index (κ3) is 4.91. The van der Waals surface area contributed by atoms with Crippen LogP contribution in [0.1, 0.15) is 20.8 Å². The van der Waals surface area contributed by atoms with Gasteiger partial charge in [-0.2, -0.15) is 13.2 Å². The molecule has 1 heterocycles. The first-order chi connectivity index (χ1) is 13.4. The average Bonchev–Trinajstić information content (AvgIpc) is 3.04. The Hall–Kier alpha value is -2.95. The molecule has 3 aromatic rings. The van der Waals surface area contributed by atoms with Crippen LogP contribution in [0.5, 0.6) is 11.5 Å². The van der Waals surface area contributed by atoms with Gasteiger partial charge in [0.2, 0.25) is 0 Å². The Morgan fingerprint density at radius 3 is 2.21 bits per heavy atom. The number of halogens is 6. The van der Waals surface area contributed by atoms with E-state index in [4.69, 9.17) is 4.74 Å². The van der Waals surface area contributed by atoms with Gasteiger partial charge in [0.05, 0.1) is 0 Å². The van der Waals surface area contributed by atoms with E-state index in [1.165, 1.54) is 18.2 Å². The molecule has 0 saturated heterocycles. The number of alkyl halides is 6. The highest BCUT2D eigenvalue weighted by molar-refractivity contribution is 7.19. The van der Waals surface area contributed by atoms with E-state index in [0.717, 1.165) is 24.3 Å². The van der Waals surface area contributed by atoms with Crippen LogP contribution in [0.15, 0.2) is 42.5 Å². The van der Waals surface area contributed by atoms with Crippen LogP contribution < -0.4 is 9.47 Å². The van der Waals surface area contributed by atoms with E-state index in [1.807, 2.05) is 0 Å². The Morgan fingerprint density at radius 2 is 1.66 bits per heavy atom. The predicted octanol–water partition coefficient (Wildman–Crippen LogP) is 6.10. The summed E-state index contributed by atoms with van der Waals surface area (Å²) in [5.74, 6) is -2.10. The molecule has 0 atom stereocenters. The number of ether oxygens (including phenoxy) is 2. The molecule has 0 saturated carbocycles. The molecule has 0 amide bonds. The average molecular weight is 436 g/mol. The van der Waals surface area contributed by atoms with Crippen molar-refractivity contribution >= 4 is 27.4 Å². The van der Waals surface area contributed by atoms with Crippen LogP contribution >= 0.6 is 11.3 Å². The number of hydrogen-bond donors (Lipinski definition) is 1. The van der Waals surface area contributed by atoms with Crippen molar-refractivity contribution in [2.75, 3.05) is 0 Å². The molecule has 0 aliphatic rings. The van der Waals surface area contributed by atoms with Crippen molar-refractivity contribution in [1.29, 1.82) is 0 Å². The maximum absolute atomic E-state index is 13.0. The van der Waals surface area contributed by atoms with Crippen molar-refractivity contribution < 1.29 is 45.7 Å². The van der Waals surface area contributed by atoms with Gasteiger partial charge in [0.1, 0.15) is 28.5 Å². The molecule has 29 heavy (non-hydrogen) atoms. The molecule has 154 valence electrons. The van der Waals surface area contributed by atoms with Crippen LogP contribution in [0.2, 0.25) is 0 Å². The first-order valence-corrected chi connectivity index (χ1v) is 8.60. The number of fused-ring (bicyclic) bond motifs is 1. The van der Waals surface area contributed by atoms with Gasteiger partial charge in [-0.15, -0.1) is 24.5 Å². The van der Waals surface area contributed by atoms with Gasteiger partial charge >= 0.3 is 18.5 Å². The molecule has 1 N–H and O–H groups in total. The highest BCUT2D eigenvalue weighted by Gasteiger charge is 2.34. The molecule has 0 fully saturated rings. The SMILES string of the molecule is O=C(O)c1ccc2sc(C(F)(F)F)cc2c1OCc1ccc(OC(F)(F)F)cc1. The summed E-state index contributed by atoms with van der Waals surface area (Å²) in [5.41, 5.74) is 0.0280. The Labute approximate surface area is 162 Å².